The minimum atomic E-state index is -0.778. The van der Waals surface area contributed by atoms with E-state index in [0.717, 1.165) is 5.56 Å². The van der Waals surface area contributed by atoms with Gasteiger partial charge in [-0.1, -0.05) is 36.4 Å². The van der Waals surface area contributed by atoms with Crippen LogP contribution in [0.15, 0.2) is 89.9 Å². The molecule has 37 heavy (non-hydrogen) atoms. The largest absolute Gasteiger partial charge is 0.387 e. The summed E-state index contributed by atoms with van der Waals surface area (Å²) in [5.74, 6) is -0.110. The van der Waals surface area contributed by atoms with Gasteiger partial charge in [0.2, 0.25) is 0 Å². The van der Waals surface area contributed by atoms with Crippen molar-refractivity contribution in [1.82, 2.24) is 15.0 Å². The zero-order chi connectivity index (χ0) is 25.8. The van der Waals surface area contributed by atoms with Crippen molar-refractivity contribution < 1.29 is 14.3 Å². The number of amides is 2. The Bertz CT molecular complexity index is 1600. The Kier molecular flexibility index (Phi) is 6.64. The molecule has 1 atom stereocenters. The lowest BCUT2D eigenvalue weighted by Gasteiger charge is -2.14. The van der Waals surface area contributed by atoms with E-state index in [1.165, 1.54) is 30.5 Å². The number of aliphatic hydroxyl groups is 1. The van der Waals surface area contributed by atoms with Crippen LogP contribution in [-0.2, 0) is 0 Å². The van der Waals surface area contributed by atoms with E-state index in [0.29, 0.717) is 33.9 Å². The number of hydrogen-bond acceptors (Lipinski definition) is 5. The second kappa shape index (κ2) is 10.3. The molecule has 0 fully saturated rings. The smallest absolute Gasteiger partial charge is 0.323 e. The SMILES string of the molecule is O=C(Nc1ccc(F)cc1)Nc1cccc2[nH]c(-c3c(NC[C@H](O)c4ccccc4)cc[nH]c3=O)nc12. The van der Waals surface area contributed by atoms with Crippen molar-refractivity contribution in [2.75, 3.05) is 22.5 Å². The van der Waals surface area contributed by atoms with Gasteiger partial charge in [-0.3, -0.25) is 4.79 Å². The lowest BCUT2D eigenvalue weighted by atomic mass is 10.1. The third-order valence-electron chi connectivity index (χ3n) is 5.73. The highest BCUT2D eigenvalue weighted by molar-refractivity contribution is 6.05. The molecule has 10 heteroatoms. The van der Waals surface area contributed by atoms with Crippen molar-refractivity contribution in [3.05, 3.63) is 107 Å². The first kappa shape index (κ1) is 23.8. The van der Waals surface area contributed by atoms with Gasteiger partial charge in [0.15, 0.2) is 0 Å². The van der Waals surface area contributed by atoms with Crippen molar-refractivity contribution in [2.24, 2.45) is 0 Å². The van der Waals surface area contributed by atoms with Crippen LogP contribution in [-0.4, -0.2) is 32.6 Å². The van der Waals surface area contributed by atoms with Crippen LogP contribution >= 0.6 is 0 Å². The summed E-state index contributed by atoms with van der Waals surface area (Å²) in [6.45, 7) is 0.178. The van der Waals surface area contributed by atoms with Crippen molar-refractivity contribution in [3.63, 3.8) is 0 Å². The van der Waals surface area contributed by atoms with Gasteiger partial charge in [-0.2, -0.15) is 0 Å². The van der Waals surface area contributed by atoms with Gasteiger partial charge in [0.25, 0.3) is 5.56 Å². The second-order valence-electron chi connectivity index (χ2n) is 8.28. The molecule has 0 aliphatic carbocycles. The summed E-state index contributed by atoms with van der Waals surface area (Å²) < 4.78 is 13.1. The number of H-pyrrole nitrogens is 2. The Morgan fingerprint density at radius 3 is 2.51 bits per heavy atom. The molecule has 0 spiro atoms. The van der Waals surface area contributed by atoms with E-state index in [-0.39, 0.29) is 17.7 Å². The van der Waals surface area contributed by atoms with Crippen molar-refractivity contribution in [2.45, 2.75) is 6.10 Å². The highest BCUT2D eigenvalue weighted by Crippen LogP contribution is 2.28. The number of para-hydroxylation sites is 1. The summed E-state index contributed by atoms with van der Waals surface area (Å²) in [4.78, 5) is 35.7. The molecule has 2 amide bonds. The van der Waals surface area contributed by atoms with Gasteiger partial charge in [-0.15, -0.1) is 0 Å². The number of nitrogens with zero attached hydrogens (tertiary/aromatic N) is 1. The van der Waals surface area contributed by atoms with Crippen molar-refractivity contribution >= 4 is 34.1 Å². The highest BCUT2D eigenvalue weighted by Gasteiger charge is 2.17. The van der Waals surface area contributed by atoms with E-state index in [2.05, 4.69) is 30.9 Å². The number of anilines is 3. The Hall–Kier alpha value is -4.96. The molecule has 0 unspecified atom stereocenters. The molecule has 0 aliphatic heterocycles. The lowest BCUT2D eigenvalue weighted by Crippen LogP contribution is -2.19. The predicted molar refractivity (Wildman–Crippen MR) is 141 cm³/mol. The molecule has 6 N–H and O–H groups in total. The standard InChI is InChI=1S/C27H23FN6O3/c28-17-9-11-18(12-10-17)31-27(37)33-21-8-4-7-20-24(21)34-25(32-20)23-19(13-14-29-26(23)36)30-15-22(35)16-5-2-1-3-6-16/h1-14,22,35H,15H2,(H,32,34)(H2,29,30,36)(H2,31,33,37)/t22-/m0/s1. The van der Waals surface area contributed by atoms with Crippen molar-refractivity contribution in [1.29, 1.82) is 0 Å². The fourth-order valence-corrected chi connectivity index (χ4v) is 3.93. The molecule has 0 saturated heterocycles. The third-order valence-corrected chi connectivity index (χ3v) is 5.73. The molecular formula is C27H23FN6O3. The molecule has 0 saturated carbocycles. The van der Waals surface area contributed by atoms with Crippen LogP contribution in [0.4, 0.5) is 26.2 Å². The highest BCUT2D eigenvalue weighted by atomic mass is 19.1. The summed E-state index contributed by atoms with van der Waals surface area (Å²) in [5, 5.41) is 19.0. The number of rotatable bonds is 7. The summed E-state index contributed by atoms with van der Waals surface area (Å²) in [7, 11) is 0. The maximum absolute atomic E-state index is 13.1. The lowest BCUT2D eigenvalue weighted by molar-refractivity contribution is 0.191. The molecule has 0 aliphatic rings. The van der Waals surface area contributed by atoms with Gasteiger partial charge in [-0.05, 0) is 48.0 Å². The Labute approximate surface area is 210 Å². The van der Waals surface area contributed by atoms with Gasteiger partial charge < -0.3 is 31.0 Å². The first-order valence-electron chi connectivity index (χ1n) is 11.5. The number of aromatic nitrogens is 3. The molecule has 2 aromatic heterocycles. The molecule has 0 radical (unpaired) electrons. The normalized spacial score (nSPS) is 11.7. The third kappa shape index (κ3) is 5.34. The first-order chi connectivity index (χ1) is 18.0. The summed E-state index contributed by atoms with van der Waals surface area (Å²) in [5.41, 5.74) is 3.03. The number of aliphatic hydroxyl groups excluding tert-OH is 1. The molecule has 2 heterocycles. The predicted octanol–water partition coefficient (Wildman–Crippen LogP) is 4.85. The number of fused-ring (bicyclic) bond motifs is 1. The van der Waals surface area contributed by atoms with Gasteiger partial charge in [0, 0.05) is 18.4 Å². The first-order valence-corrected chi connectivity index (χ1v) is 11.5. The summed E-state index contributed by atoms with van der Waals surface area (Å²) in [6, 6.07) is 21.0. The van der Waals surface area contributed by atoms with E-state index in [9.17, 15) is 19.1 Å². The number of halogens is 1. The minimum absolute atomic E-state index is 0.178. The Morgan fingerprint density at radius 1 is 0.946 bits per heavy atom. The van der Waals surface area contributed by atoms with Crippen LogP contribution < -0.4 is 21.5 Å². The molecule has 5 rings (SSSR count). The fourth-order valence-electron chi connectivity index (χ4n) is 3.93. The maximum Gasteiger partial charge on any atom is 0.323 e. The number of imidazole rings is 1. The Balaban J connectivity index is 1.40. The van der Waals surface area contributed by atoms with E-state index in [1.807, 2.05) is 30.3 Å². The van der Waals surface area contributed by atoms with Gasteiger partial charge in [0.1, 0.15) is 22.7 Å². The average Bonchev–Trinajstić information content (AvgIpc) is 3.34. The molecule has 5 aromatic rings. The van der Waals surface area contributed by atoms with E-state index in [4.69, 9.17) is 0 Å². The quantitative estimate of drug-likeness (QED) is 0.191. The van der Waals surface area contributed by atoms with Crippen LogP contribution in [0.5, 0.6) is 0 Å². The number of aromatic amines is 2. The average molecular weight is 499 g/mol. The topological polar surface area (TPSA) is 135 Å². The van der Waals surface area contributed by atoms with E-state index < -0.39 is 18.0 Å². The number of carbonyl (C=O) groups excluding carboxylic acids is 1. The second-order valence-corrected chi connectivity index (χ2v) is 8.28. The van der Waals surface area contributed by atoms with Gasteiger partial charge in [0.05, 0.1) is 23.0 Å². The minimum Gasteiger partial charge on any atom is -0.387 e. The Morgan fingerprint density at radius 2 is 1.73 bits per heavy atom. The number of urea groups is 1. The zero-order valence-corrected chi connectivity index (χ0v) is 19.5. The number of hydrogen-bond donors (Lipinski definition) is 6. The number of pyridine rings is 1. The van der Waals surface area contributed by atoms with Gasteiger partial charge in [-0.25, -0.2) is 14.2 Å². The maximum atomic E-state index is 13.1. The summed E-state index contributed by atoms with van der Waals surface area (Å²) in [6.07, 6.45) is 0.734. The van der Waals surface area contributed by atoms with E-state index in [1.54, 1.807) is 24.3 Å². The molecule has 3 aromatic carbocycles. The van der Waals surface area contributed by atoms with Crippen molar-refractivity contribution in [3.8, 4) is 11.4 Å². The zero-order valence-electron chi connectivity index (χ0n) is 19.5. The van der Waals surface area contributed by atoms with E-state index >= 15 is 0 Å². The van der Waals surface area contributed by atoms with Crippen LogP contribution in [0, 0.1) is 5.82 Å². The summed E-state index contributed by atoms with van der Waals surface area (Å²) >= 11 is 0. The number of carbonyl (C=O) groups is 1. The van der Waals surface area contributed by atoms with Crippen LogP contribution in [0.25, 0.3) is 22.4 Å². The van der Waals surface area contributed by atoms with Crippen LogP contribution in [0.1, 0.15) is 11.7 Å². The molecule has 9 nitrogen and oxygen atoms in total. The molecular weight excluding hydrogens is 475 g/mol. The molecule has 186 valence electrons. The van der Waals surface area contributed by atoms with Gasteiger partial charge >= 0.3 is 6.03 Å². The number of nitrogens with one attached hydrogen (secondary N) is 5. The van der Waals surface area contributed by atoms with Crippen LogP contribution in [0.3, 0.4) is 0 Å². The fraction of sp³-hybridized carbons (Fsp3) is 0.0741. The molecule has 0 bridgehead atoms. The number of benzene rings is 3. The van der Waals surface area contributed by atoms with Crippen LogP contribution in [0.2, 0.25) is 0 Å². The monoisotopic (exact) mass is 498 g/mol.